The topological polar surface area (TPSA) is 562 Å². The van der Waals surface area contributed by atoms with Crippen molar-refractivity contribution >= 4 is 24.0 Å². The number of aldehydes is 1. The number of rotatable bonds is 19. The molecule has 12 rings (SSSR count). The third-order valence-corrected chi connectivity index (χ3v) is 27.0. The Bertz CT molecular complexity index is 3160. The Hall–Kier alpha value is -3.18. The van der Waals surface area contributed by atoms with Gasteiger partial charge in [0.05, 0.1) is 68.1 Å². The van der Waals surface area contributed by atoms with Crippen LogP contribution in [0, 0.1) is 56.2 Å². The summed E-state index contributed by atoms with van der Waals surface area (Å²) < 4.78 is 85.1. The molecule has 36 nitrogen and oxygen atoms in total. The monoisotopic (exact) mass is 1540 g/mol. The normalized spacial score (nSPS) is 53.5. The average molecular weight is 1540 g/mol. The van der Waals surface area contributed by atoms with E-state index in [0.717, 1.165) is 11.9 Å². The smallest absolute Gasteiger partial charge is 0.335 e. The van der Waals surface area contributed by atoms with Crippen molar-refractivity contribution in [1.82, 2.24) is 0 Å². The van der Waals surface area contributed by atoms with E-state index in [1.165, 1.54) is 13.8 Å². The second-order valence-electron chi connectivity index (χ2n) is 33.7. The Balaban J connectivity index is 0.809. The van der Waals surface area contributed by atoms with Gasteiger partial charge in [0.1, 0.15) is 140 Å². The van der Waals surface area contributed by atoms with E-state index < -0.39 is 292 Å². The number of Topliss-reactive ketones (excluding diaryl/α,β-unsaturated/α-hetero) is 1. The lowest BCUT2D eigenvalue weighted by atomic mass is 9.33. The summed E-state index contributed by atoms with van der Waals surface area (Å²) in [6.07, 6.45) is -51.0. The van der Waals surface area contributed by atoms with Gasteiger partial charge in [-0.05, 0) is 117 Å². The first-order valence-corrected chi connectivity index (χ1v) is 37.2. The largest absolute Gasteiger partial charge is 0.479 e. The van der Waals surface area contributed by atoms with Gasteiger partial charge in [0.2, 0.25) is 6.29 Å². The van der Waals surface area contributed by atoms with Crippen LogP contribution in [-0.2, 0) is 85.5 Å². The van der Waals surface area contributed by atoms with Crippen molar-refractivity contribution in [2.45, 2.75) is 316 Å². The van der Waals surface area contributed by atoms with Crippen LogP contribution < -0.4 is 0 Å². The van der Waals surface area contributed by atoms with Crippen LogP contribution in [0.4, 0.5) is 0 Å². The minimum atomic E-state index is -2.21. The van der Waals surface area contributed by atoms with E-state index in [1.54, 1.807) is 6.92 Å². The highest BCUT2D eigenvalue weighted by atomic mass is 16.8. The molecule has 11 fully saturated rings. The third-order valence-electron chi connectivity index (χ3n) is 27.0. The van der Waals surface area contributed by atoms with Crippen LogP contribution in [0.1, 0.15) is 120 Å². The van der Waals surface area contributed by atoms with Crippen molar-refractivity contribution in [2.75, 3.05) is 33.0 Å². The lowest BCUT2D eigenvalue weighted by molar-refractivity contribution is -0.391. The number of carbonyl (C=O) groups is 4. The summed E-state index contributed by atoms with van der Waals surface area (Å²) in [5.74, 6) is -5.25. The summed E-state index contributed by atoms with van der Waals surface area (Å²) in [7, 11) is 0. The van der Waals surface area contributed by atoms with Crippen LogP contribution in [-0.4, -0.2) is 346 Å². The van der Waals surface area contributed by atoms with Crippen molar-refractivity contribution in [3.8, 4) is 0 Å². The van der Waals surface area contributed by atoms with Crippen LogP contribution >= 0.6 is 0 Å². The fourth-order valence-electron chi connectivity index (χ4n) is 20.3. The molecule has 0 bridgehead atoms. The highest BCUT2D eigenvalue weighted by Gasteiger charge is 2.72. The number of carboxylic acids is 1. The molecule has 0 aromatic carbocycles. The standard InChI is InChI=1S/C71H110O36/c1-26(75)28-22-94-63(55(38(28)78)105-62-50(90)53(103-60-47(87)43(83)41(81)33(20-72)98-60)51(27(2)97-62)101-58-45(85)39(79)31(76)23-95-58)107-65(93)71-17-15-66(3,4)19-30(71)29-9-10-36-67(5)13-12-37(68(6,25-74)35(67)11-14-70(36,8)69(29,7)16-18-71)100-64-56(106-61-48(88)44(84)42(82)34(21-73)99-61)52(49(89)54(104-64)57(91)92)102-59-46(86)40(80)32(77)24-96-59/h9,25,27-28,30-56,58-64,72-73,76-90H,10-24H2,1-8H3,(H,91,92). The molecule has 5 aliphatic carbocycles. The molecule has 12 aliphatic rings. The molecule has 107 heavy (non-hydrogen) atoms. The number of ketones is 1. The molecule has 0 aromatic rings. The Morgan fingerprint density at radius 2 is 1.02 bits per heavy atom. The van der Waals surface area contributed by atoms with Crippen molar-refractivity contribution < 1.29 is 177 Å². The minimum absolute atomic E-state index is 0.130. The average Bonchev–Trinajstić information content (AvgIpc) is 0.674. The van der Waals surface area contributed by atoms with E-state index >= 15 is 4.79 Å². The van der Waals surface area contributed by atoms with Gasteiger partial charge in [0.25, 0.3) is 0 Å². The van der Waals surface area contributed by atoms with Gasteiger partial charge < -0.3 is 163 Å². The predicted octanol–water partition coefficient (Wildman–Crippen LogP) is -5.50. The van der Waals surface area contributed by atoms with Crippen molar-refractivity contribution in [3.63, 3.8) is 0 Å². The van der Waals surface area contributed by atoms with Gasteiger partial charge in [-0.3, -0.25) is 9.59 Å². The fraction of sp³-hybridized carbons (Fsp3) is 0.915. The Kier molecular flexibility index (Phi) is 24.5. The first-order valence-electron chi connectivity index (χ1n) is 37.2. The number of carbonyl (C=O) groups excluding carboxylic acids is 3. The number of allylic oxidation sites excluding steroid dienone is 2. The molecule has 0 amide bonds. The van der Waals surface area contributed by atoms with Crippen LogP contribution in [0.5, 0.6) is 0 Å². The quantitative estimate of drug-likeness (QED) is 0.0248. The second-order valence-corrected chi connectivity index (χ2v) is 33.7. The number of ether oxygens (including phenoxy) is 14. The highest BCUT2D eigenvalue weighted by Crippen LogP contribution is 2.76. The molecule has 7 saturated heterocycles. The molecule has 36 heteroatoms. The number of fused-ring (bicyclic) bond motifs is 7. The van der Waals surface area contributed by atoms with E-state index in [0.29, 0.717) is 57.8 Å². The van der Waals surface area contributed by atoms with Gasteiger partial charge in [0.15, 0.2) is 43.8 Å². The van der Waals surface area contributed by atoms with E-state index in [9.17, 15) is 106 Å². The lowest BCUT2D eigenvalue weighted by Gasteiger charge is -2.71. The number of carboxylic acid groups (broad SMARTS) is 1. The molecule has 610 valence electrons. The fourth-order valence-corrected chi connectivity index (χ4v) is 20.3. The summed E-state index contributed by atoms with van der Waals surface area (Å²) in [6, 6.07) is 0. The predicted molar refractivity (Wildman–Crippen MR) is 350 cm³/mol. The molecule has 4 saturated carbocycles. The molecule has 0 spiro atoms. The number of hydrogen-bond acceptors (Lipinski definition) is 35. The second kappa shape index (κ2) is 31.5. The Morgan fingerprint density at radius 3 is 1.58 bits per heavy atom. The first kappa shape index (κ1) is 83.3. The van der Waals surface area contributed by atoms with E-state index in [2.05, 4.69) is 40.7 Å². The Labute approximate surface area is 616 Å². The Morgan fingerprint density at radius 1 is 0.505 bits per heavy atom. The summed E-state index contributed by atoms with van der Waals surface area (Å²) in [6.45, 7) is 12.0. The lowest BCUT2D eigenvalue weighted by Crippen LogP contribution is -2.68. The molecular formula is C71H110O36. The van der Waals surface area contributed by atoms with E-state index in [1.807, 2.05) is 0 Å². The zero-order valence-electron chi connectivity index (χ0n) is 60.9. The van der Waals surface area contributed by atoms with Crippen LogP contribution in [0.15, 0.2) is 11.6 Å². The molecule has 0 radical (unpaired) electrons. The molecule has 41 atom stereocenters. The van der Waals surface area contributed by atoms with Crippen molar-refractivity contribution in [2.24, 2.45) is 56.2 Å². The third kappa shape index (κ3) is 14.6. The maximum Gasteiger partial charge on any atom is 0.335 e. The number of aliphatic carboxylic acids is 1. The summed E-state index contributed by atoms with van der Waals surface area (Å²) >= 11 is 0. The number of aliphatic hydroxyl groups is 17. The summed E-state index contributed by atoms with van der Waals surface area (Å²) in [5.41, 5.74) is -3.65. The van der Waals surface area contributed by atoms with Gasteiger partial charge in [-0.15, -0.1) is 0 Å². The maximum atomic E-state index is 15.9. The van der Waals surface area contributed by atoms with Gasteiger partial charge in [-0.1, -0.05) is 53.2 Å². The molecule has 0 aromatic heterocycles. The zero-order chi connectivity index (χ0) is 78.0. The van der Waals surface area contributed by atoms with Gasteiger partial charge in [-0.25, -0.2) is 4.79 Å². The van der Waals surface area contributed by atoms with Crippen LogP contribution in [0.3, 0.4) is 0 Å². The molecule has 7 heterocycles. The molecule has 7 aliphatic heterocycles. The van der Waals surface area contributed by atoms with Gasteiger partial charge >= 0.3 is 11.9 Å². The highest BCUT2D eigenvalue weighted by molar-refractivity contribution is 5.80. The SMILES string of the molecule is CC(=O)C1COC(OC(=O)C23CCC(C)(C)CC2C2=CCC4C5(C)CCC(OC6OC(C(=O)O)C(O)C(OC7OCC(O)C(O)C7O)C6OC6OC(CO)C(O)C(O)C6O)C(C)(C=O)C5CCC4(C)C2(C)CC3)C(OC2OC(C)C(OC3OCC(O)C(O)C3O)C(OC3OC(CO)C(O)C(O)C3O)C2O)C1O. The molecule has 18 N–H and O–H groups in total. The van der Waals surface area contributed by atoms with Crippen molar-refractivity contribution in [3.05, 3.63) is 11.6 Å². The summed E-state index contributed by atoms with van der Waals surface area (Å²) in [5, 5.41) is 196. The van der Waals surface area contributed by atoms with Gasteiger partial charge in [0, 0.05) is 0 Å². The molecule has 41 unspecified atom stereocenters. The van der Waals surface area contributed by atoms with Crippen LogP contribution in [0.25, 0.3) is 0 Å². The first-order chi connectivity index (χ1) is 50.3. The van der Waals surface area contributed by atoms with E-state index in [4.69, 9.17) is 66.3 Å². The zero-order valence-corrected chi connectivity index (χ0v) is 60.9. The van der Waals surface area contributed by atoms with Gasteiger partial charge in [-0.2, -0.15) is 0 Å². The summed E-state index contributed by atoms with van der Waals surface area (Å²) in [4.78, 5) is 56.4. The van der Waals surface area contributed by atoms with Crippen LogP contribution in [0.2, 0.25) is 0 Å². The van der Waals surface area contributed by atoms with Crippen molar-refractivity contribution in [1.29, 1.82) is 0 Å². The molecular weight excluding hydrogens is 1430 g/mol. The number of esters is 1. The minimum Gasteiger partial charge on any atom is -0.479 e. The number of aliphatic hydroxyl groups excluding tert-OH is 17. The number of hydrogen-bond donors (Lipinski definition) is 18. The van der Waals surface area contributed by atoms with E-state index in [-0.39, 0.29) is 17.8 Å². The maximum absolute atomic E-state index is 15.9.